The van der Waals surface area contributed by atoms with Crippen molar-refractivity contribution in [3.63, 3.8) is 0 Å². The molecule has 9 aromatic carbocycles. The van der Waals surface area contributed by atoms with E-state index in [4.69, 9.17) is 45.1 Å². The standard InChI is InChI=1S/C77H61ClN6O11S2/c1-90-56-39-37-49(38-40-56)46-91-74(89)67-52(45-78)47-96-73-66(72(88)84(67)73)81-71(87)65(61-48-97-76(79-61)82-77(53-27-13-4-14-28-53,54-29-15-5-16-30-54)55-31-17-6-18-32-55)83-95-70(68(86)75(92-57-33-19-7-20-34-57)93-58-35-21-8-22-36-58)60-41-43-62(64-59(60)42-44-63(85)80-64)94-69(50-23-9-2-10-24-50)51-25-11-3-12-26-51/h2-44,48,66,69-70,73,75H,45-47H2,1H3,(H,79,82)(H,80,85)(H,81,87)/b83-65-/t66-,70?,73-/m1/s1. The smallest absolute Gasteiger partial charge is 0.355 e. The van der Waals surface area contributed by atoms with E-state index in [9.17, 15) is 14.4 Å². The fourth-order valence-electron chi connectivity index (χ4n) is 11.7. The summed E-state index contributed by atoms with van der Waals surface area (Å²) in [5.41, 5.74) is 3.76. The number of esters is 1. The van der Waals surface area contributed by atoms with Gasteiger partial charge in [0.2, 0.25) is 11.7 Å². The van der Waals surface area contributed by atoms with Gasteiger partial charge in [0.1, 0.15) is 64.1 Å². The van der Waals surface area contributed by atoms with Gasteiger partial charge in [0.15, 0.2) is 10.8 Å². The van der Waals surface area contributed by atoms with E-state index in [2.05, 4.69) is 20.8 Å². The molecule has 0 bridgehead atoms. The largest absolute Gasteiger partial charge is 0.497 e. The number of carbonyl (C=O) groups is 4. The first-order valence-corrected chi connectivity index (χ1v) is 33.4. The Bertz CT molecular complexity index is 4530. The first-order valence-electron chi connectivity index (χ1n) is 30.9. The van der Waals surface area contributed by atoms with Gasteiger partial charge in [0.05, 0.1) is 12.6 Å². The number of carbonyl (C=O) groups excluding carboxylic acids is 4. The number of H-pyrrole nitrogens is 1. The lowest BCUT2D eigenvalue weighted by Crippen LogP contribution is -2.71. The molecule has 3 N–H and O–H groups in total. The fourth-order valence-corrected chi connectivity index (χ4v) is 14.1. The molecular formula is C77H61ClN6O11S2. The summed E-state index contributed by atoms with van der Waals surface area (Å²) in [7, 11) is 1.55. The van der Waals surface area contributed by atoms with Crippen LogP contribution in [0.5, 0.6) is 23.0 Å². The number of β-lactam (4-membered cyclic amide) rings is 1. The Kier molecular flexibility index (Phi) is 19.7. The number of thiazole rings is 1. The lowest BCUT2D eigenvalue weighted by molar-refractivity contribution is -0.153. The van der Waals surface area contributed by atoms with Gasteiger partial charge in [0.25, 0.3) is 17.6 Å². The SMILES string of the molecule is COc1ccc(COC(=O)C2=C(CCl)CS[C@@H]3[C@H](NC(=O)/C(=N\OC(C(=O)C(Oc4ccccc4)Oc4ccccc4)c4ccc(OC(c5ccccc5)c5ccccc5)c5[nH]c(=O)ccc45)c4csc(NC(c5ccccc5)(c5ccccc5)c5ccccc5)n4)C(=O)N23)cc1. The van der Waals surface area contributed by atoms with Crippen molar-refractivity contribution in [2.24, 2.45) is 5.16 Å². The Morgan fingerprint density at radius 1 is 0.660 bits per heavy atom. The number of para-hydroxylation sites is 2. The van der Waals surface area contributed by atoms with Gasteiger partial charge in [-0.05, 0) is 87.5 Å². The number of rotatable bonds is 26. The van der Waals surface area contributed by atoms with Crippen molar-refractivity contribution < 1.29 is 47.7 Å². The molecular weight excluding hydrogens is 1280 g/mol. The number of anilines is 1. The van der Waals surface area contributed by atoms with E-state index in [1.54, 1.807) is 116 Å². The van der Waals surface area contributed by atoms with Gasteiger partial charge in [0, 0.05) is 34.0 Å². The zero-order chi connectivity index (χ0) is 66.7. The first-order chi connectivity index (χ1) is 47.6. The van der Waals surface area contributed by atoms with Crippen molar-refractivity contribution in [3.8, 4) is 23.0 Å². The molecule has 2 aromatic heterocycles. The minimum atomic E-state index is -1.82. The van der Waals surface area contributed by atoms with E-state index in [1.165, 1.54) is 34.1 Å². The molecule has 2 aliphatic heterocycles. The summed E-state index contributed by atoms with van der Waals surface area (Å²) in [6, 6.07) is 78.0. The van der Waals surface area contributed by atoms with Crippen LogP contribution in [0.3, 0.4) is 0 Å². The monoisotopic (exact) mass is 1340 g/mol. The van der Waals surface area contributed by atoms with Crippen LogP contribution in [0, 0.1) is 0 Å². The number of alkyl halides is 1. The third-order valence-corrected chi connectivity index (χ3v) is 18.8. The van der Waals surface area contributed by atoms with Crippen molar-refractivity contribution >= 4 is 80.0 Å². The van der Waals surface area contributed by atoms with Crippen molar-refractivity contribution in [2.75, 3.05) is 24.1 Å². The van der Waals surface area contributed by atoms with Crippen molar-refractivity contribution in [1.82, 2.24) is 20.2 Å². The highest BCUT2D eigenvalue weighted by Crippen LogP contribution is 2.44. The maximum Gasteiger partial charge on any atom is 0.355 e. The predicted molar refractivity (Wildman–Crippen MR) is 374 cm³/mol. The number of ether oxygens (including phenoxy) is 5. The summed E-state index contributed by atoms with van der Waals surface area (Å²) in [4.78, 5) is 90.1. The second-order valence-electron chi connectivity index (χ2n) is 22.5. The third kappa shape index (κ3) is 14.0. The lowest BCUT2D eigenvalue weighted by atomic mass is 9.77. The van der Waals surface area contributed by atoms with Gasteiger partial charge >= 0.3 is 12.3 Å². The van der Waals surface area contributed by atoms with E-state index in [0.29, 0.717) is 27.4 Å². The first kappa shape index (κ1) is 64.5. The molecule has 13 rings (SSSR count). The number of amides is 2. The number of Topliss-reactive ketones (excluding diaryl/α,β-unsaturated/α-hetero) is 1. The molecule has 2 amide bonds. The number of oxime groups is 1. The number of aromatic nitrogens is 2. The van der Waals surface area contributed by atoms with Crippen molar-refractivity contribution in [1.29, 1.82) is 0 Å². The van der Waals surface area contributed by atoms with Crippen molar-refractivity contribution in [2.45, 2.75) is 42.1 Å². The molecule has 4 heterocycles. The number of methoxy groups -OCH3 is 1. The molecule has 1 fully saturated rings. The van der Waals surface area contributed by atoms with E-state index in [-0.39, 0.29) is 58.0 Å². The Morgan fingerprint density at radius 3 is 1.75 bits per heavy atom. The maximum absolute atomic E-state index is 16.0. The van der Waals surface area contributed by atoms with E-state index in [1.807, 2.05) is 152 Å². The van der Waals surface area contributed by atoms with Crippen LogP contribution in [0.15, 0.2) is 287 Å². The predicted octanol–water partition coefficient (Wildman–Crippen LogP) is 13.7. The molecule has 17 nitrogen and oxygen atoms in total. The lowest BCUT2D eigenvalue weighted by Gasteiger charge is -2.49. The number of halogens is 1. The highest BCUT2D eigenvalue weighted by Gasteiger charge is 2.55. The van der Waals surface area contributed by atoms with Gasteiger partial charge in [-0.1, -0.05) is 211 Å². The van der Waals surface area contributed by atoms with Crippen LogP contribution < -0.4 is 35.1 Å². The molecule has 2 aliphatic rings. The van der Waals surface area contributed by atoms with Gasteiger partial charge < -0.3 is 44.1 Å². The number of fused-ring (bicyclic) bond motifs is 2. The average Bonchev–Trinajstić information content (AvgIpc) is 0.815. The fraction of sp³-hybridized carbons (Fsp3) is 0.130. The number of pyridine rings is 1. The van der Waals surface area contributed by atoms with E-state index < -0.39 is 70.3 Å². The minimum Gasteiger partial charge on any atom is -0.497 e. The number of nitrogens with zero attached hydrogens (tertiary/aromatic N) is 3. The van der Waals surface area contributed by atoms with Gasteiger partial charge in [-0.15, -0.1) is 34.7 Å². The van der Waals surface area contributed by atoms with Gasteiger partial charge in [-0.25, -0.2) is 9.78 Å². The normalized spacial score (nSPS) is 14.8. The number of ketones is 1. The Morgan fingerprint density at radius 2 is 1.21 bits per heavy atom. The van der Waals surface area contributed by atoms with Crippen LogP contribution in [0.25, 0.3) is 10.9 Å². The molecule has 20 heteroatoms. The van der Waals surface area contributed by atoms with Crippen molar-refractivity contribution in [3.05, 3.63) is 332 Å². The zero-order valence-electron chi connectivity index (χ0n) is 51.9. The number of hydrogen-bond acceptors (Lipinski definition) is 16. The van der Waals surface area contributed by atoms with E-state index in [0.717, 1.165) is 27.8 Å². The molecule has 0 radical (unpaired) electrons. The molecule has 3 atom stereocenters. The summed E-state index contributed by atoms with van der Waals surface area (Å²) >= 11 is 8.95. The van der Waals surface area contributed by atoms with Crippen LogP contribution in [-0.4, -0.2) is 80.6 Å². The van der Waals surface area contributed by atoms with Crippen LogP contribution in [0.4, 0.5) is 5.13 Å². The molecule has 11 aromatic rings. The van der Waals surface area contributed by atoms with Crippen LogP contribution in [0.1, 0.15) is 56.8 Å². The molecule has 97 heavy (non-hydrogen) atoms. The summed E-state index contributed by atoms with van der Waals surface area (Å²) in [6.07, 6.45) is -4.23. The van der Waals surface area contributed by atoms with Crippen LogP contribution >= 0.6 is 34.7 Å². The van der Waals surface area contributed by atoms with Crippen LogP contribution in [0.2, 0.25) is 0 Å². The third-order valence-electron chi connectivity index (χ3n) is 16.4. The Hall–Kier alpha value is -11.3. The number of nitrogens with one attached hydrogen (secondary N) is 3. The molecule has 484 valence electrons. The quantitative estimate of drug-likeness (QED) is 0.00876. The van der Waals surface area contributed by atoms with Gasteiger partial charge in [-0.3, -0.25) is 24.1 Å². The molecule has 1 unspecified atom stereocenters. The Labute approximate surface area is 571 Å². The number of benzene rings is 9. The molecule has 0 saturated carbocycles. The number of thioether (sulfide) groups is 1. The number of aromatic amines is 1. The average molecular weight is 1350 g/mol. The number of hydrogen-bond donors (Lipinski definition) is 3. The highest BCUT2D eigenvalue weighted by molar-refractivity contribution is 8.00. The summed E-state index contributed by atoms with van der Waals surface area (Å²) in [5, 5.41) is 12.8. The Balaban J connectivity index is 0.923. The highest BCUT2D eigenvalue weighted by atomic mass is 35.5. The van der Waals surface area contributed by atoms with Gasteiger partial charge in [-0.2, -0.15) is 0 Å². The topological polar surface area (TPSA) is 209 Å². The summed E-state index contributed by atoms with van der Waals surface area (Å²) in [6.45, 7) is -0.106. The van der Waals surface area contributed by atoms with Crippen LogP contribution in [-0.2, 0) is 40.9 Å². The summed E-state index contributed by atoms with van der Waals surface area (Å²) in [5.74, 6) is -1.57. The maximum atomic E-state index is 16.0. The minimum absolute atomic E-state index is 0.0130. The second kappa shape index (κ2) is 29.6. The second-order valence-corrected chi connectivity index (χ2v) is 24.7. The molecule has 1 saturated heterocycles. The zero-order valence-corrected chi connectivity index (χ0v) is 54.3. The van der Waals surface area contributed by atoms with E-state index >= 15 is 9.59 Å². The molecule has 0 aliphatic carbocycles. The summed E-state index contributed by atoms with van der Waals surface area (Å²) < 4.78 is 30.9. The molecule has 0 spiro atoms.